The minimum Gasteiger partial charge on any atom is -0.380 e. The first-order chi connectivity index (χ1) is 9.54. The molecule has 0 aliphatic heterocycles. The van der Waals surface area contributed by atoms with E-state index in [1.165, 1.54) is 4.90 Å². The van der Waals surface area contributed by atoms with Crippen LogP contribution < -0.4 is 4.90 Å². The van der Waals surface area contributed by atoms with Crippen molar-refractivity contribution in [1.82, 2.24) is 0 Å². The molecule has 0 amide bonds. The maximum absolute atomic E-state index is 11.3. The second-order valence-corrected chi connectivity index (χ2v) is 5.82. The third-order valence-electron chi connectivity index (χ3n) is 3.56. The van der Waals surface area contributed by atoms with Crippen molar-refractivity contribution in [3.63, 3.8) is 0 Å². The van der Waals surface area contributed by atoms with Gasteiger partial charge >= 0.3 is 0 Å². The van der Waals surface area contributed by atoms with Gasteiger partial charge in [0.1, 0.15) is 5.60 Å². The van der Waals surface area contributed by atoms with Crippen LogP contribution in [0.4, 0.5) is 0 Å². The van der Waals surface area contributed by atoms with Crippen LogP contribution in [0.15, 0.2) is 54.6 Å². The van der Waals surface area contributed by atoms with Crippen molar-refractivity contribution in [2.75, 3.05) is 20.6 Å². The smallest absolute Gasteiger partial charge is 0.121 e. The van der Waals surface area contributed by atoms with Gasteiger partial charge in [-0.2, -0.15) is 0 Å². The minimum absolute atomic E-state index is 0.604. The van der Waals surface area contributed by atoms with Gasteiger partial charge in [-0.3, -0.25) is 0 Å². The van der Waals surface area contributed by atoms with Gasteiger partial charge in [-0.15, -0.1) is 0 Å². The van der Waals surface area contributed by atoms with Crippen LogP contribution in [0.25, 0.3) is 0 Å². The lowest BCUT2D eigenvalue weighted by atomic mass is 9.83. The predicted molar refractivity (Wildman–Crippen MR) is 83.2 cm³/mol. The van der Waals surface area contributed by atoms with Gasteiger partial charge < -0.3 is 10.0 Å². The minimum atomic E-state index is -1.04. The first-order valence-corrected chi connectivity index (χ1v) is 7.24. The Hall–Kier alpha value is -1.35. The van der Waals surface area contributed by atoms with E-state index in [0.717, 1.165) is 17.7 Å². The quantitative estimate of drug-likeness (QED) is 0.866. The lowest BCUT2D eigenvalue weighted by Gasteiger charge is -2.30. The molecule has 0 radical (unpaired) electrons. The van der Waals surface area contributed by atoms with Crippen molar-refractivity contribution >= 4 is 11.6 Å². The molecule has 0 unspecified atom stereocenters. The summed E-state index contributed by atoms with van der Waals surface area (Å²) in [7, 11) is 4.16. The number of rotatable bonds is 5. The Balaban J connectivity index is 2.47. The van der Waals surface area contributed by atoms with Gasteiger partial charge in [-0.25, -0.2) is 0 Å². The van der Waals surface area contributed by atoms with Crippen LogP contribution in [0, 0.1) is 0 Å². The van der Waals surface area contributed by atoms with E-state index in [0.29, 0.717) is 11.4 Å². The number of hydrogen-bond acceptors (Lipinski definition) is 1. The lowest BCUT2D eigenvalue weighted by Crippen LogP contribution is -3.05. The largest absolute Gasteiger partial charge is 0.380 e. The van der Waals surface area contributed by atoms with Crippen molar-refractivity contribution < 1.29 is 10.0 Å². The molecule has 0 aromatic heterocycles. The summed E-state index contributed by atoms with van der Waals surface area (Å²) in [4.78, 5) is 1.30. The Labute approximate surface area is 125 Å². The zero-order valence-electron chi connectivity index (χ0n) is 11.9. The van der Waals surface area contributed by atoms with Gasteiger partial charge in [-0.1, -0.05) is 60.1 Å². The first kappa shape index (κ1) is 15.0. The number of aliphatic hydroxyl groups is 1. The zero-order valence-corrected chi connectivity index (χ0v) is 12.7. The third-order valence-corrected chi connectivity index (χ3v) is 3.89. The fourth-order valence-electron chi connectivity index (χ4n) is 2.38. The Kier molecular flexibility index (Phi) is 4.81. The average molecular weight is 291 g/mol. The van der Waals surface area contributed by atoms with Gasteiger partial charge in [0.25, 0.3) is 0 Å². The van der Waals surface area contributed by atoms with Crippen LogP contribution in [0.5, 0.6) is 0 Å². The van der Waals surface area contributed by atoms with Crippen molar-refractivity contribution in [3.05, 3.63) is 70.7 Å². The molecule has 0 spiro atoms. The Bertz CT molecular complexity index is 556. The van der Waals surface area contributed by atoms with E-state index < -0.39 is 5.60 Å². The zero-order chi connectivity index (χ0) is 14.6. The van der Waals surface area contributed by atoms with E-state index in [-0.39, 0.29) is 0 Å². The van der Waals surface area contributed by atoms with Crippen LogP contribution in [0.3, 0.4) is 0 Å². The van der Waals surface area contributed by atoms with Crippen molar-refractivity contribution in [3.8, 4) is 0 Å². The molecule has 0 saturated heterocycles. The van der Waals surface area contributed by atoms with Gasteiger partial charge in [0.15, 0.2) is 0 Å². The maximum Gasteiger partial charge on any atom is 0.121 e. The van der Waals surface area contributed by atoms with Crippen LogP contribution >= 0.6 is 11.6 Å². The van der Waals surface area contributed by atoms with Crippen LogP contribution in [-0.2, 0) is 5.60 Å². The van der Waals surface area contributed by atoms with Gasteiger partial charge in [0.2, 0.25) is 0 Å². The highest BCUT2D eigenvalue weighted by Gasteiger charge is 2.33. The maximum atomic E-state index is 11.3. The fraction of sp³-hybridized carbons (Fsp3) is 0.294. The normalized spacial score (nSPS) is 14.2. The third kappa shape index (κ3) is 3.21. The van der Waals surface area contributed by atoms with E-state index in [1.54, 1.807) is 0 Å². The lowest BCUT2D eigenvalue weighted by molar-refractivity contribution is -0.859. The van der Waals surface area contributed by atoms with Gasteiger partial charge in [0, 0.05) is 17.0 Å². The highest BCUT2D eigenvalue weighted by atomic mass is 35.5. The molecule has 0 fully saturated rings. The van der Waals surface area contributed by atoms with Crippen molar-refractivity contribution in [1.29, 1.82) is 0 Å². The molecular formula is C17H21ClNO+. The summed E-state index contributed by atoms with van der Waals surface area (Å²) in [5.74, 6) is 0. The molecule has 0 heterocycles. The molecule has 2 aromatic carbocycles. The Morgan fingerprint density at radius 1 is 1.00 bits per heavy atom. The number of halogens is 1. The molecular weight excluding hydrogens is 270 g/mol. The topological polar surface area (TPSA) is 24.7 Å². The number of hydrogen-bond donors (Lipinski definition) is 2. The molecule has 0 aliphatic rings. The number of nitrogens with one attached hydrogen (secondary N) is 1. The molecule has 3 heteroatoms. The average Bonchev–Trinajstić information content (AvgIpc) is 2.46. The van der Waals surface area contributed by atoms with Crippen LogP contribution in [-0.4, -0.2) is 25.7 Å². The summed E-state index contributed by atoms with van der Waals surface area (Å²) < 4.78 is 0. The van der Waals surface area contributed by atoms with Gasteiger partial charge in [0.05, 0.1) is 20.6 Å². The van der Waals surface area contributed by atoms with E-state index in [1.807, 2.05) is 54.6 Å². The first-order valence-electron chi connectivity index (χ1n) is 6.86. The molecule has 0 aliphatic carbocycles. The summed E-state index contributed by atoms with van der Waals surface area (Å²) in [6.07, 6.45) is 0.628. The molecule has 2 N–H and O–H groups in total. The van der Waals surface area contributed by atoms with E-state index in [2.05, 4.69) is 14.1 Å². The SMILES string of the molecule is C[NH+](C)CC[C@](O)(c1ccccc1)c1ccccc1Cl. The molecule has 20 heavy (non-hydrogen) atoms. The second-order valence-electron chi connectivity index (χ2n) is 5.41. The summed E-state index contributed by atoms with van der Waals surface area (Å²) in [6.45, 7) is 0.858. The number of quaternary nitrogens is 1. The standard InChI is InChI=1S/C17H20ClNO/c1-19(2)13-12-17(20,14-8-4-3-5-9-14)15-10-6-7-11-16(15)18/h3-11,20H,12-13H2,1-2H3/p+1/t17-/m0/s1. The molecule has 0 bridgehead atoms. The molecule has 2 nitrogen and oxygen atoms in total. The second kappa shape index (κ2) is 6.40. The summed E-state index contributed by atoms with van der Waals surface area (Å²) in [5.41, 5.74) is 0.611. The molecule has 106 valence electrons. The summed E-state index contributed by atoms with van der Waals surface area (Å²) in [5, 5.41) is 11.9. The summed E-state index contributed by atoms with van der Waals surface area (Å²) >= 11 is 6.31. The molecule has 2 rings (SSSR count). The number of benzene rings is 2. The molecule has 0 saturated carbocycles. The van der Waals surface area contributed by atoms with E-state index >= 15 is 0 Å². The van der Waals surface area contributed by atoms with E-state index in [4.69, 9.17) is 11.6 Å². The highest BCUT2D eigenvalue weighted by Crippen LogP contribution is 2.36. The monoisotopic (exact) mass is 290 g/mol. The predicted octanol–water partition coefficient (Wildman–Crippen LogP) is 2.11. The van der Waals surface area contributed by atoms with Crippen LogP contribution in [0.2, 0.25) is 5.02 Å². The molecule has 2 aromatic rings. The Morgan fingerprint density at radius 3 is 2.20 bits per heavy atom. The van der Waals surface area contributed by atoms with Crippen LogP contribution in [0.1, 0.15) is 17.5 Å². The summed E-state index contributed by atoms with van der Waals surface area (Å²) in [6, 6.07) is 17.3. The fourth-order valence-corrected chi connectivity index (χ4v) is 2.67. The Morgan fingerprint density at radius 2 is 1.60 bits per heavy atom. The van der Waals surface area contributed by atoms with Gasteiger partial charge in [-0.05, 0) is 11.6 Å². The van der Waals surface area contributed by atoms with E-state index in [9.17, 15) is 5.11 Å². The van der Waals surface area contributed by atoms with Crippen molar-refractivity contribution in [2.24, 2.45) is 0 Å². The molecule has 1 atom stereocenters. The van der Waals surface area contributed by atoms with Crippen molar-refractivity contribution in [2.45, 2.75) is 12.0 Å². The highest BCUT2D eigenvalue weighted by molar-refractivity contribution is 6.31.